The summed E-state index contributed by atoms with van der Waals surface area (Å²) in [6.07, 6.45) is -0.125. The molecule has 0 amide bonds. The van der Waals surface area contributed by atoms with Crippen LogP contribution in [-0.2, 0) is 16.1 Å². The topological polar surface area (TPSA) is 54.3 Å². The number of aliphatic hydroxyl groups excluding tert-OH is 1. The van der Waals surface area contributed by atoms with E-state index in [1.165, 1.54) is 6.07 Å². The summed E-state index contributed by atoms with van der Waals surface area (Å²) in [5.74, 6) is 0.161. The van der Waals surface area contributed by atoms with Crippen LogP contribution in [0.5, 0.6) is 0 Å². The summed E-state index contributed by atoms with van der Waals surface area (Å²) < 4.78 is 19.8. The first-order valence-electron chi connectivity index (χ1n) is 10.5. The molecule has 0 aromatic heterocycles. The smallest absolute Gasteiger partial charge is 0.145 e. The summed E-state index contributed by atoms with van der Waals surface area (Å²) >= 11 is 0. The number of ether oxygens (including phenoxy) is 1. The predicted octanol–water partition coefficient (Wildman–Crippen LogP) is 3.85. The molecule has 0 unspecified atom stereocenters. The van der Waals surface area contributed by atoms with E-state index in [0.717, 1.165) is 11.3 Å². The van der Waals surface area contributed by atoms with Crippen LogP contribution in [0.1, 0.15) is 31.4 Å². The molecule has 0 saturated carbocycles. The van der Waals surface area contributed by atoms with Crippen molar-refractivity contribution >= 4 is 5.71 Å². The van der Waals surface area contributed by atoms with Crippen molar-refractivity contribution in [2.45, 2.75) is 39.0 Å². The zero-order chi connectivity index (χ0) is 21.3. The first-order valence-corrected chi connectivity index (χ1v) is 10.5. The van der Waals surface area contributed by atoms with Crippen molar-refractivity contribution < 1.29 is 19.1 Å². The lowest BCUT2D eigenvalue weighted by Gasteiger charge is -2.27. The largest absolute Gasteiger partial charge is 0.390 e. The SMILES string of the molecule is CC(C)COC[C@@H](O)CN(Cc1ccccc1F)C[C@H]1CC(c2ccccc2)=NO1. The minimum Gasteiger partial charge on any atom is -0.390 e. The Balaban J connectivity index is 1.60. The van der Waals surface area contributed by atoms with Crippen molar-refractivity contribution in [1.82, 2.24) is 4.90 Å². The van der Waals surface area contributed by atoms with Gasteiger partial charge in [-0.15, -0.1) is 0 Å². The second-order valence-corrected chi connectivity index (χ2v) is 8.21. The van der Waals surface area contributed by atoms with Crippen LogP contribution in [0.25, 0.3) is 0 Å². The molecule has 3 rings (SSSR count). The molecule has 0 aliphatic carbocycles. The third-order valence-corrected chi connectivity index (χ3v) is 4.88. The molecule has 6 heteroatoms. The number of rotatable bonds is 11. The Kier molecular flexibility index (Phi) is 8.37. The van der Waals surface area contributed by atoms with Crippen molar-refractivity contribution in [2.75, 3.05) is 26.3 Å². The standard InChI is InChI=1S/C24H31FN2O3/c1-18(2)16-29-17-21(28)14-27(13-20-10-6-7-11-23(20)25)15-22-12-24(26-30-22)19-8-4-3-5-9-19/h3-11,18,21-22,28H,12-17H2,1-2H3/t21-,22+/m0/s1. The van der Waals surface area contributed by atoms with Crippen LogP contribution in [0.3, 0.4) is 0 Å². The Morgan fingerprint density at radius 1 is 1.13 bits per heavy atom. The summed E-state index contributed by atoms with van der Waals surface area (Å²) in [6.45, 7) is 6.28. The van der Waals surface area contributed by atoms with Gasteiger partial charge in [-0.1, -0.05) is 67.5 Å². The van der Waals surface area contributed by atoms with Crippen LogP contribution in [-0.4, -0.2) is 54.2 Å². The van der Waals surface area contributed by atoms with Crippen molar-refractivity contribution in [2.24, 2.45) is 11.1 Å². The monoisotopic (exact) mass is 414 g/mol. The fourth-order valence-electron chi connectivity index (χ4n) is 3.48. The maximum atomic E-state index is 14.2. The molecule has 30 heavy (non-hydrogen) atoms. The molecule has 1 aliphatic rings. The van der Waals surface area contributed by atoms with E-state index in [4.69, 9.17) is 9.57 Å². The lowest BCUT2D eigenvalue weighted by molar-refractivity contribution is -0.00755. The highest BCUT2D eigenvalue weighted by Gasteiger charge is 2.26. The second-order valence-electron chi connectivity index (χ2n) is 8.21. The summed E-state index contributed by atoms with van der Waals surface area (Å²) in [4.78, 5) is 7.66. The first-order chi connectivity index (χ1) is 14.5. The van der Waals surface area contributed by atoms with E-state index in [1.807, 2.05) is 41.3 Å². The Labute approximate surface area is 178 Å². The van der Waals surface area contributed by atoms with Gasteiger partial charge in [-0.3, -0.25) is 4.90 Å². The Morgan fingerprint density at radius 3 is 2.60 bits per heavy atom. The number of oxime groups is 1. The van der Waals surface area contributed by atoms with Gasteiger partial charge < -0.3 is 14.7 Å². The molecule has 1 heterocycles. The fraction of sp³-hybridized carbons (Fsp3) is 0.458. The highest BCUT2D eigenvalue weighted by Crippen LogP contribution is 2.19. The van der Waals surface area contributed by atoms with Crippen LogP contribution < -0.4 is 0 Å². The number of nitrogens with zero attached hydrogens (tertiary/aromatic N) is 2. The summed E-state index contributed by atoms with van der Waals surface area (Å²) in [5, 5.41) is 14.7. The Bertz CT molecular complexity index is 813. The maximum absolute atomic E-state index is 14.2. The molecule has 0 fully saturated rings. The van der Waals surface area contributed by atoms with Gasteiger partial charge >= 0.3 is 0 Å². The lowest BCUT2D eigenvalue weighted by Crippen LogP contribution is -2.39. The van der Waals surface area contributed by atoms with E-state index in [-0.39, 0.29) is 18.5 Å². The van der Waals surface area contributed by atoms with Gasteiger partial charge in [-0.05, 0) is 17.5 Å². The van der Waals surface area contributed by atoms with Crippen LogP contribution in [0.15, 0.2) is 59.8 Å². The summed E-state index contributed by atoms with van der Waals surface area (Å²) in [5.41, 5.74) is 2.55. The molecule has 0 spiro atoms. The van der Waals surface area contributed by atoms with Crippen molar-refractivity contribution in [3.05, 3.63) is 71.5 Å². The first kappa shape index (κ1) is 22.4. The second kappa shape index (κ2) is 11.2. The molecule has 2 atom stereocenters. The van der Waals surface area contributed by atoms with Crippen LogP contribution in [0.2, 0.25) is 0 Å². The molecule has 162 valence electrons. The number of benzene rings is 2. The van der Waals surface area contributed by atoms with E-state index < -0.39 is 6.10 Å². The van der Waals surface area contributed by atoms with E-state index in [1.54, 1.807) is 12.1 Å². The quantitative estimate of drug-likeness (QED) is 0.607. The lowest BCUT2D eigenvalue weighted by atomic mass is 10.0. The number of halogens is 1. The zero-order valence-corrected chi connectivity index (χ0v) is 17.7. The van der Waals surface area contributed by atoms with Gasteiger partial charge in [0.25, 0.3) is 0 Å². The minimum absolute atomic E-state index is 0.143. The van der Waals surface area contributed by atoms with Crippen molar-refractivity contribution in [3.8, 4) is 0 Å². The third kappa shape index (κ3) is 6.90. The van der Waals surface area contributed by atoms with Gasteiger partial charge in [-0.25, -0.2) is 4.39 Å². The average molecular weight is 415 g/mol. The molecule has 5 nitrogen and oxygen atoms in total. The van der Waals surface area contributed by atoms with E-state index in [0.29, 0.717) is 44.1 Å². The molecule has 2 aromatic carbocycles. The summed E-state index contributed by atoms with van der Waals surface area (Å²) in [7, 11) is 0. The number of aliphatic hydroxyl groups is 1. The number of hydrogen-bond donors (Lipinski definition) is 1. The third-order valence-electron chi connectivity index (χ3n) is 4.88. The van der Waals surface area contributed by atoms with Gasteiger partial charge in [0, 0.05) is 38.2 Å². The van der Waals surface area contributed by atoms with Crippen LogP contribution in [0.4, 0.5) is 4.39 Å². The molecule has 1 N–H and O–H groups in total. The molecule has 2 aromatic rings. The van der Waals surface area contributed by atoms with Gasteiger partial charge in [0.05, 0.1) is 18.4 Å². The van der Waals surface area contributed by atoms with Crippen LogP contribution in [0, 0.1) is 11.7 Å². The molecule has 1 aliphatic heterocycles. The zero-order valence-electron chi connectivity index (χ0n) is 17.7. The molecule has 0 bridgehead atoms. The van der Waals surface area contributed by atoms with Crippen LogP contribution >= 0.6 is 0 Å². The van der Waals surface area contributed by atoms with Crippen molar-refractivity contribution in [3.63, 3.8) is 0 Å². The van der Waals surface area contributed by atoms with Gasteiger partial charge in [0.1, 0.15) is 11.9 Å². The minimum atomic E-state index is -0.661. The van der Waals surface area contributed by atoms with E-state index in [2.05, 4.69) is 19.0 Å². The van der Waals surface area contributed by atoms with Gasteiger partial charge in [0.2, 0.25) is 0 Å². The molecular weight excluding hydrogens is 383 g/mol. The molecule has 0 radical (unpaired) electrons. The number of hydrogen-bond acceptors (Lipinski definition) is 5. The van der Waals surface area contributed by atoms with Gasteiger partial charge in [-0.2, -0.15) is 0 Å². The van der Waals surface area contributed by atoms with Crippen molar-refractivity contribution in [1.29, 1.82) is 0 Å². The average Bonchev–Trinajstić information content (AvgIpc) is 3.18. The normalized spacial score (nSPS) is 17.3. The molecule has 0 saturated heterocycles. The molecular formula is C24H31FN2O3. The van der Waals surface area contributed by atoms with E-state index >= 15 is 0 Å². The summed E-state index contributed by atoms with van der Waals surface area (Å²) in [6, 6.07) is 16.7. The fourth-order valence-corrected chi connectivity index (χ4v) is 3.48. The Hall–Kier alpha value is -2.28. The Morgan fingerprint density at radius 2 is 1.87 bits per heavy atom. The highest BCUT2D eigenvalue weighted by atomic mass is 19.1. The predicted molar refractivity (Wildman–Crippen MR) is 116 cm³/mol. The van der Waals surface area contributed by atoms with Gasteiger partial charge in [0.15, 0.2) is 0 Å². The van der Waals surface area contributed by atoms with E-state index in [9.17, 15) is 9.50 Å². The highest BCUT2D eigenvalue weighted by molar-refractivity contribution is 6.01. The maximum Gasteiger partial charge on any atom is 0.145 e.